The molecule has 2 aliphatic heterocycles. The van der Waals surface area contributed by atoms with Crippen LogP contribution >= 0.6 is 24.1 Å². The highest BCUT2D eigenvalue weighted by Crippen LogP contribution is 2.31. The van der Waals surface area contributed by atoms with Crippen LogP contribution in [0.3, 0.4) is 0 Å². The number of epoxide rings is 2. The van der Waals surface area contributed by atoms with Crippen molar-refractivity contribution in [3.05, 3.63) is 48.5 Å². The zero-order valence-corrected chi connectivity index (χ0v) is 15.1. The Morgan fingerprint density at radius 2 is 1.12 bits per heavy atom. The highest BCUT2D eigenvalue weighted by Gasteiger charge is 2.23. The van der Waals surface area contributed by atoms with Crippen molar-refractivity contribution in [3.8, 4) is 11.5 Å². The maximum Gasteiger partial charge on any atom is 0.119 e. The molecule has 2 heterocycles. The lowest BCUT2D eigenvalue weighted by molar-refractivity contribution is 0.263. The van der Waals surface area contributed by atoms with Crippen molar-refractivity contribution >= 4 is 24.1 Å². The molecule has 0 aliphatic carbocycles. The molecule has 2 aliphatic rings. The fourth-order valence-corrected chi connectivity index (χ4v) is 3.24. The van der Waals surface area contributed by atoms with Crippen LogP contribution in [0.4, 0.5) is 0 Å². The van der Waals surface area contributed by atoms with E-state index in [1.165, 1.54) is 24.1 Å². The fraction of sp³-hybridized carbons (Fsp3) is 0.333. The number of ether oxygens (including phenoxy) is 4. The average Bonchev–Trinajstić information content (AvgIpc) is 3.55. The first kappa shape index (κ1) is 17.1. The minimum absolute atomic E-state index is 0.271. The van der Waals surface area contributed by atoms with E-state index in [0.29, 0.717) is 13.2 Å². The highest BCUT2D eigenvalue weighted by atomic mass is 32.2. The molecule has 2 aromatic carbocycles. The summed E-state index contributed by atoms with van der Waals surface area (Å²) in [6.45, 7) is 2.85. The van der Waals surface area contributed by atoms with E-state index in [9.17, 15) is 0 Å². The number of rotatable bonds is 10. The van der Waals surface area contributed by atoms with Crippen molar-refractivity contribution in [1.29, 1.82) is 0 Å². The molecular weight excluding hydrogens is 360 g/mol. The van der Waals surface area contributed by atoms with Crippen LogP contribution in [0.15, 0.2) is 58.3 Å². The molecule has 0 bridgehead atoms. The van der Waals surface area contributed by atoms with Crippen LogP contribution in [0.5, 0.6) is 11.5 Å². The summed E-state index contributed by atoms with van der Waals surface area (Å²) in [5.41, 5.74) is 0. The quantitative estimate of drug-likeness (QED) is 0.458. The summed E-state index contributed by atoms with van der Waals surface area (Å²) in [4.78, 5) is 2.04. The zero-order chi connectivity index (χ0) is 16.9. The van der Waals surface area contributed by atoms with Gasteiger partial charge in [-0.3, -0.25) is 0 Å². The average molecular weight is 378 g/mol. The van der Waals surface area contributed by atoms with Crippen molar-refractivity contribution in [2.75, 3.05) is 26.4 Å². The molecule has 0 saturated carbocycles. The smallest absolute Gasteiger partial charge is 0.119 e. The van der Waals surface area contributed by atoms with Gasteiger partial charge in [0, 0.05) is 33.9 Å². The molecule has 2 fully saturated rings. The molecule has 0 spiro atoms. The molecule has 4 rings (SSSR count). The van der Waals surface area contributed by atoms with Crippen LogP contribution in [0.1, 0.15) is 0 Å². The second kappa shape index (κ2) is 8.33. The minimum atomic E-state index is 0.271. The maximum atomic E-state index is 5.61. The lowest BCUT2D eigenvalue weighted by Crippen LogP contribution is -2.03. The molecule has 0 radical (unpaired) electrons. The zero-order valence-electron chi connectivity index (χ0n) is 13.5. The maximum absolute atomic E-state index is 5.61. The molecule has 2 aromatic rings. The van der Waals surface area contributed by atoms with Crippen LogP contribution in [0.2, 0.25) is 0 Å². The summed E-state index contributed by atoms with van der Waals surface area (Å²) in [6, 6.07) is 15.7. The Hall–Kier alpha value is -1.38. The van der Waals surface area contributed by atoms with Gasteiger partial charge >= 0.3 is 0 Å². The van der Waals surface area contributed by atoms with Crippen molar-refractivity contribution < 1.29 is 22.6 Å². The van der Waals surface area contributed by atoms with Gasteiger partial charge in [0.1, 0.15) is 36.9 Å². The van der Waals surface area contributed by atoms with E-state index < -0.39 is 0 Å². The van der Waals surface area contributed by atoms with Crippen LogP contribution < -0.4 is 9.47 Å². The lowest BCUT2D eigenvalue weighted by atomic mass is 10.3. The fourth-order valence-electron chi connectivity index (χ4n) is 1.99. The normalized spacial score (nSPS) is 21.0. The second-order valence-corrected chi connectivity index (χ2v) is 7.53. The third-order valence-corrected chi connectivity index (χ3v) is 5.06. The van der Waals surface area contributed by atoms with Crippen molar-refractivity contribution in [2.24, 2.45) is 0 Å². The molecule has 0 aromatic heterocycles. The predicted molar refractivity (Wildman–Crippen MR) is 96.2 cm³/mol. The Morgan fingerprint density at radius 3 is 1.48 bits per heavy atom. The van der Waals surface area contributed by atoms with Gasteiger partial charge in [0.15, 0.2) is 0 Å². The van der Waals surface area contributed by atoms with Gasteiger partial charge in [-0.1, -0.05) is 0 Å². The molecule has 0 N–H and O–H groups in total. The second-order valence-electron chi connectivity index (χ2n) is 5.71. The van der Waals surface area contributed by atoms with E-state index in [4.69, 9.17) is 22.6 Å². The summed E-state index contributed by atoms with van der Waals surface area (Å²) in [5.74, 6) is 1.69. The third kappa shape index (κ3) is 5.83. The van der Waals surface area contributed by atoms with Gasteiger partial charge in [-0.2, -0.15) is 0 Å². The van der Waals surface area contributed by atoms with E-state index >= 15 is 0 Å². The molecule has 2 unspecified atom stereocenters. The molecule has 7 heteroatoms. The van der Waals surface area contributed by atoms with Gasteiger partial charge in [-0.05, 0) is 48.5 Å². The van der Waals surface area contributed by atoms with E-state index in [2.05, 4.69) is 0 Å². The van der Waals surface area contributed by atoms with Crippen LogP contribution in [0, 0.1) is 0 Å². The molecule has 132 valence electrons. The third-order valence-electron chi connectivity index (χ3n) is 3.58. The van der Waals surface area contributed by atoms with Crippen LogP contribution in [-0.4, -0.2) is 38.6 Å². The monoisotopic (exact) mass is 378 g/mol. The minimum Gasteiger partial charge on any atom is -0.491 e. The van der Waals surface area contributed by atoms with Gasteiger partial charge in [0.2, 0.25) is 0 Å². The first-order valence-corrected chi connectivity index (χ1v) is 9.53. The van der Waals surface area contributed by atoms with Gasteiger partial charge in [0.25, 0.3) is 0 Å². The number of benzene rings is 2. The molecule has 2 saturated heterocycles. The van der Waals surface area contributed by atoms with Gasteiger partial charge in [-0.15, -0.1) is 0 Å². The van der Waals surface area contributed by atoms with Gasteiger partial charge in [0.05, 0.1) is 13.2 Å². The lowest BCUT2D eigenvalue weighted by Gasteiger charge is -2.06. The Labute approximate surface area is 155 Å². The Bertz CT molecular complexity index is 609. The summed E-state index contributed by atoms with van der Waals surface area (Å²) in [5, 5.41) is 0. The van der Waals surface area contributed by atoms with E-state index in [1.807, 2.05) is 48.5 Å². The summed E-state index contributed by atoms with van der Waals surface area (Å²) >= 11 is 2.64. The first-order valence-electron chi connectivity index (χ1n) is 8.05. The standard InChI is InChI=1S/C18H18O5S2/c1-5-17(6-2-13(1)19-9-15-11-21-15)24-23-25-18-7-3-14(4-8-18)20-10-16-12-22-16/h1-8,15-16H,9-12H2. The van der Waals surface area contributed by atoms with Gasteiger partial charge in [-0.25, -0.2) is 3.63 Å². The summed E-state index contributed by atoms with van der Waals surface area (Å²) in [6.07, 6.45) is 0.542. The van der Waals surface area contributed by atoms with E-state index in [1.54, 1.807) is 0 Å². The molecule has 25 heavy (non-hydrogen) atoms. The van der Waals surface area contributed by atoms with E-state index in [-0.39, 0.29) is 12.2 Å². The van der Waals surface area contributed by atoms with Crippen LogP contribution in [-0.2, 0) is 13.1 Å². The molecule has 2 atom stereocenters. The topological polar surface area (TPSA) is 52.8 Å². The largest absolute Gasteiger partial charge is 0.491 e. The molecule has 5 nitrogen and oxygen atoms in total. The highest BCUT2D eigenvalue weighted by molar-refractivity contribution is 8.07. The van der Waals surface area contributed by atoms with E-state index in [0.717, 1.165) is 34.5 Å². The SMILES string of the molecule is c1cc(SOSc2ccc(OCC3CO3)cc2)ccc1OCC1CO1. The first-order chi connectivity index (χ1) is 12.3. The molecule has 0 amide bonds. The van der Waals surface area contributed by atoms with Gasteiger partial charge < -0.3 is 18.9 Å². The molecular formula is C18H18O5S2. The number of hydrogen-bond acceptors (Lipinski definition) is 7. The summed E-state index contributed by atoms with van der Waals surface area (Å²) < 4.78 is 27.1. The van der Waals surface area contributed by atoms with Crippen molar-refractivity contribution in [1.82, 2.24) is 0 Å². The Balaban J connectivity index is 1.17. The number of hydrogen-bond donors (Lipinski definition) is 0. The predicted octanol–water partition coefficient (Wildman–Crippen LogP) is 3.97. The Kier molecular flexibility index (Phi) is 5.68. The Morgan fingerprint density at radius 1 is 0.720 bits per heavy atom. The van der Waals surface area contributed by atoms with Crippen LogP contribution in [0.25, 0.3) is 0 Å². The van der Waals surface area contributed by atoms with Crippen molar-refractivity contribution in [3.63, 3.8) is 0 Å². The summed E-state index contributed by atoms with van der Waals surface area (Å²) in [7, 11) is 0. The van der Waals surface area contributed by atoms with Crippen molar-refractivity contribution in [2.45, 2.75) is 22.0 Å².